The molecule has 1 saturated heterocycles. The maximum Gasteiger partial charge on any atom is 0.320 e. The van der Waals surface area contributed by atoms with Crippen LogP contribution in [0.4, 0.5) is 0 Å². The molecule has 0 radical (unpaired) electrons. The quantitative estimate of drug-likeness (QED) is 0.857. The van der Waals surface area contributed by atoms with Gasteiger partial charge in [0.2, 0.25) is 0 Å². The predicted molar refractivity (Wildman–Crippen MR) is 99.9 cm³/mol. The first-order chi connectivity index (χ1) is 12.5. The largest absolute Gasteiger partial charge is 0.497 e. The molecule has 5 nitrogen and oxygen atoms in total. The van der Waals surface area contributed by atoms with E-state index in [0.717, 1.165) is 29.7 Å². The van der Waals surface area contributed by atoms with Crippen molar-refractivity contribution in [1.82, 2.24) is 4.90 Å². The average Bonchev–Trinajstić information content (AvgIpc) is 3.12. The van der Waals surface area contributed by atoms with Gasteiger partial charge < -0.3 is 14.6 Å². The molecule has 2 unspecified atom stereocenters. The van der Waals surface area contributed by atoms with Crippen LogP contribution in [-0.2, 0) is 4.79 Å². The number of aliphatic carboxylic acids is 1. The first-order valence-corrected chi connectivity index (χ1v) is 8.82. The molecule has 0 aliphatic carbocycles. The van der Waals surface area contributed by atoms with Crippen molar-refractivity contribution in [3.05, 3.63) is 59.2 Å². The molecule has 2 atom stereocenters. The van der Waals surface area contributed by atoms with E-state index in [1.54, 1.807) is 14.2 Å². The highest BCUT2D eigenvalue weighted by molar-refractivity contribution is 5.74. The van der Waals surface area contributed by atoms with Crippen LogP contribution in [0.2, 0.25) is 0 Å². The predicted octanol–water partition coefficient (Wildman–Crippen LogP) is 3.65. The highest BCUT2D eigenvalue weighted by Gasteiger charge is 2.38. The van der Waals surface area contributed by atoms with Crippen LogP contribution in [0.1, 0.15) is 35.6 Å². The van der Waals surface area contributed by atoms with E-state index < -0.39 is 12.0 Å². The van der Waals surface area contributed by atoms with Crippen LogP contribution in [-0.4, -0.2) is 42.8 Å². The van der Waals surface area contributed by atoms with Crippen molar-refractivity contribution in [2.24, 2.45) is 0 Å². The lowest BCUT2D eigenvalue weighted by Gasteiger charge is -2.33. The Hall–Kier alpha value is -2.53. The molecule has 1 fully saturated rings. The summed E-state index contributed by atoms with van der Waals surface area (Å²) in [5, 5.41) is 9.70. The number of carboxylic acid groups (broad SMARTS) is 1. The lowest BCUT2D eigenvalue weighted by atomic mass is 9.94. The number of aryl methyl sites for hydroxylation is 1. The van der Waals surface area contributed by atoms with Gasteiger partial charge in [0.1, 0.15) is 17.5 Å². The zero-order chi connectivity index (χ0) is 18.7. The van der Waals surface area contributed by atoms with E-state index in [2.05, 4.69) is 17.0 Å². The van der Waals surface area contributed by atoms with Gasteiger partial charge in [0.25, 0.3) is 0 Å². The average molecular weight is 355 g/mol. The smallest absolute Gasteiger partial charge is 0.320 e. The maximum absolute atomic E-state index is 11.8. The van der Waals surface area contributed by atoms with Crippen LogP contribution < -0.4 is 9.47 Å². The third-order valence-electron chi connectivity index (χ3n) is 5.00. The molecule has 3 rings (SSSR count). The minimum atomic E-state index is -0.771. The van der Waals surface area contributed by atoms with Crippen molar-refractivity contribution in [3.8, 4) is 11.5 Å². The monoisotopic (exact) mass is 355 g/mol. The standard InChI is InChI=1S/C21H25NO4/c1-14-6-4-7-15(12-14)20(22-11-5-8-18(22)21(23)24)17-10-9-16(25-2)13-19(17)26-3/h4,6-7,9-10,12-13,18,20H,5,8,11H2,1-3H3,(H,23,24). The summed E-state index contributed by atoms with van der Waals surface area (Å²) in [6.07, 6.45) is 1.54. The van der Waals surface area contributed by atoms with Crippen LogP contribution in [0.15, 0.2) is 42.5 Å². The summed E-state index contributed by atoms with van der Waals surface area (Å²) >= 11 is 0. The highest BCUT2D eigenvalue weighted by Crippen LogP contribution is 2.40. The van der Waals surface area contributed by atoms with E-state index in [-0.39, 0.29) is 6.04 Å². The van der Waals surface area contributed by atoms with Crippen molar-refractivity contribution in [2.75, 3.05) is 20.8 Å². The molecule has 2 aromatic carbocycles. The third kappa shape index (κ3) is 3.53. The second-order valence-corrected chi connectivity index (χ2v) is 6.66. The van der Waals surface area contributed by atoms with Gasteiger partial charge in [-0.3, -0.25) is 9.69 Å². The van der Waals surface area contributed by atoms with Gasteiger partial charge in [0.05, 0.1) is 20.3 Å². The number of ether oxygens (including phenoxy) is 2. The lowest BCUT2D eigenvalue weighted by Crippen LogP contribution is -2.39. The Morgan fingerprint density at radius 1 is 1.19 bits per heavy atom. The SMILES string of the molecule is COc1ccc(C(c2cccc(C)c2)N2CCCC2C(=O)O)c(OC)c1. The Morgan fingerprint density at radius 3 is 2.65 bits per heavy atom. The van der Waals surface area contributed by atoms with Crippen LogP contribution in [0.3, 0.4) is 0 Å². The molecule has 138 valence electrons. The summed E-state index contributed by atoms with van der Waals surface area (Å²) in [4.78, 5) is 13.9. The number of hydrogen-bond acceptors (Lipinski definition) is 4. The van der Waals surface area contributed by atoms with E-state index in [0.29, 0.717) is 17.9 Å². The number of nitrogens with zero attached hydrogens (tertiary/aromatic N) is 1. The topological polar surface area (TPSA) is 59.0 Å². The van der Waals surface area contributed by atoms with Crippen molar-refractivity contribution in [1.29, 1.82) is 0 Å². The van der Waals surface area contributed by atoms with Crippen molar-refractivity contribution in [3.63, 3.8) is 0 Å². The van der Waals surface area contributed by atoms with Crippen molar-refractivity contribution < 1.29 is 19.4 Å². The van der Waals surface area contributed by atoms with E-state index in [1.165, 1.54) is 0 Å². The van der Waals surface area contributed by atoms with Gasteiger partial charge >= 0.3 is 5.97 Å². The number of methoxy groups -OCH3 is 2. The molecule has 26 heavy (non-hydrogen) atoms. The van der Waals surface area contributed by atoms with Gasteiger partial charge in [0, 0.05) is 18.2 Å². The van der Waals surface area contributed by atoms with Crippen LogP contribution in [0.25, 0.3) is 0 Å². The number of rotatable bonds is 6. The number of carbonyl (C=O) groups is 1. The van der Waals surface area contributed by atoms with Gasteiger partial charge in [-0.05, 0) is 37.5 Å². The summed E-state index contributed by atoms with van der Waals surface area (Å²) in [6.45, 7) is 2.79. The van der Waals surface area contributed by atoms with Gasteiger partial charge in [-0.25, -0.2) is 0 Å². The minimum Gasteiger partial charge on any atom is -0.497 e. The van der Waals surface area contributed by atoms with Crippen LogP contribution in [0.5, 0.6) is 11.5 Å². The van der Waals surface area contributed by atoms with E-state index in [4.69, 9.17) is 9.47 Å². The molecule has 0 bridgehead atoms. The molecular formula is C21H25NO4. The molecule has 1 N–H and O–H groups in total. The molecule has 0 saturated carbocycles. The molecule has 0 spiro atoms. The summed E-state index contributed by atoms with van der Waals surface area (Å²) in [6, 6.07) is 13.3. The summed E-state index contributed by atoms with van der Waals surface area (Å²) in [5.41, 5.74) is 3.17. The summed E-state index contributed by atoms with van der Waals surface area (Å²) in [5.74, 6) is 0.643. The Bertz CT molecular complexity index is 789. The van der Waals surface area contributed by atoms with Gasteiger partial charge in [-0.15, -0.1) is 0 Å². The van der Waals surface area contributed by atoms with Gasteiger partial charge in [-0.1, -0.05) is 29.8 Å². The van der Waals surface area contributed by atoms with Gasteiger partial charge in [0.15, 0.2) is 0 Å². The van der Waals surface area contributed by atoms with E-state index >= 15 is 0 Å². The van der Waals surface area contributed by atoms with Crippen LogP contribution in [0, 0.1) is 6.92 Å². The first kappa shape index (κ1) is 18.3. The Kier molecular flexibility index (Phi) is 5.47. The number of likely N-dealkylation sites (tertiary alicyclic amines) is 1. The fourth-order valence-corrected chi connectivity index (χ4v) is 3.80. The third-order valence-corrected chi connectivity index (χ3v) is 5.00. The zero-order valence-corrected chi connectivity index (χ0v) is 15.4. The van der Waals surface area contributed by atoms with Crippen molar-refractivity contribution >= 4 is 5.97 Å². The molecular weight excluding hydrogens is 330 g/mol. The summed E-state index contributed by atoms with van der Waals surface area (Å²) in [7, 11) is 3.25. The number of carboxylic acids is 1. The second-order valence-electron chi connectivity index (χ2n) is 6.66. The zero-order valence-electron chi connectivity index (χ0n) is 15.4. The fourth-order valence-electron chi connectivity index (χ4n) is 3.80. The fraction of sp³-hybridized carbons (Fsp3) is 0.381. The molecule has 0 aromatic heterocycles. The minimum absolute atomic E-state index is 0.181. The lowest BCUT2D eigenvalue weighted by molar-refractivity contribution is -0.142. The number of hydrogen-bond donors (Lipinski definition) is 1. The van der Waals surface area contributed by atoms with Crippen LogP contribution >= 0.6 is 0 Å². The molecule has 1 aliphatic heterocycles. The van der Waals surface area contributed by atoms with E-state index in [1.807, 2.05) is 37.3 Å². The summed E-state index contributed by atoms with van der Waals surface area (Å²) < 4.78 is 10.9. The Morgan fingerprint density at radius 2 is 2.00 bits per heavy atom. The normalized spacial score (nSPS) is 18.5. The molecule has 0 amide bonds. The number of benzene rings is 2. The molecule has 5 heteroatoms. The first-order valence-electron chi connectivity index (χ1n) is 8.82. The Labute approximate surface area is 154 Å². The second kappa shape index (κ2) is 7.79. The maximum atomic E-state index is 11.8. The molecule has 1 heterocycles. The Balaban J connectivity index is 2.14. The van der Waals surface area contributed by atoms with Gasteiger partial charge in [-0.2, -0.15) is 0 Å². The van der Waals surface area contributed by atoms with E-state index in [9.17, 15) is 9.90 Å². The molecule has 1 aliphatic rings. The van der Waals surface area contributed by atoms with Crippen molar-refractivity contribution in [2.45, 2.75) is 31.8 Å². The molecule has 2 aromatic rings. The highest BCUT2D eigenvalue weighted by atomic mass is 16.5.